The van der Waals surface area contributed by atoms with Gasteiger partial charge in [0.05, 0.1) is 18.0 Å². The minimum Gasteiger partial charge on any atom is -0.488 e. The minimum absolute atomic E-state index is 0.186. The van der Waals surface area contributed by atoms with Gasteiger partial charge in [-0.25, -0.2) is 0 Å². The Kier molecular flexibility index (Phi) is 3.05. The third kappa shape index (κ3) is 2.36. The molecule has 2 heterocycles. The van der Waals surface area contributed by atoms with E-state index in [-0.39, 0.29) is 6.10 Å². The molecule has 82 valence electrons. The van der Waals surface area contributed by atoms with Crippen LogP contribution in [0.2, 0.25) is 10.0 Å². The number of aromatic nitrogens is 1. The van der Waals surface area contributed by atoms with E-state index in [1.807, 2.05) is 13.8 Å². The van der Waals surface area contributed by atoms with Gasteiger partial charge in [-0.05, 0) is 13.8 Å². The van der Waals surface area contributed by atoms with Crippen LogP contribution in [0, 0.1) is 13.8 Å². The lowest BCUT2D eigenvalue weighted by Crippen LogP contribution is -2.06. The van der Waals surface area contributed by atoms with Crippen LogP contribution in [-0.2, 0) is 4.74 Å². The molecule has 1 atom stereocenters. The molecule has 0 spiro atoms. The fourth-order valence-corrected chi connectivity index (χ4v) is 1.67. The van der Waals surface area contributed by atoms with E-state index in [2.05, 4.69) is 4.98 Å². The second-order valence-electron chi connectivity index (χ2n) is 3.51. The number of hydrogen-bond donors (Lipinski definition) is 0. The van der Waals surface area contributed by atoms with Crippen LogP contribution in [0.3, 0.4) is 0 Å². The first-order chi connectivity index (χ1) is 7.09. The normalized spacial score (nSPS) is 19.1. The summed E-state index contributed by atoms with van der Waals surface area (Å²) in [6.07, 6.45) is 0.186. The van der Waals surface area contributed by atoms with Crippen molar-refractivity contribution in [3.63, 3.8) is 0 Å². The number of rotatable bonds is 3. The maximum Gasteiger partial charge on any atom is 0.160 e. The molecule has 3 nitrogen and oxygen atoms in total. The lowest BCUT2D eigenvalue weighted by atomic mass is 10.3. The van der Waals surface area contributed by atoms with Gasteiger partial charge in [-0.3, -0.25) is 4.98 Å². The largest absolute Gasteiger partial charge is 0.488 e. The van der Waals surface area contributed by atoms with Gasteiger partial charge in [0.25, 0.3) is 0 Å². The van der Waals surface area contributed by atoms with Crippen LogP contribution < -0.4 is 4.74 Å². The molecule has 1 fully saturated rings. The smallest absolute Gasteiger partial charge is 0.160 e. The number of nitrogens with zero attached hydrogens (tertiary/aromatic N) is 1. The highest BCUT2D eigenvalue weighted by molar-refractivity contribution is 6.37. The van der Waals surface area contributed by atoms with Gasteiger partial charge in [-0.1, -0.05) is 23.2 Å². The van der Waals surface area contributed by atoms with Crippen molar-refractivity contribution in [2.24, 2.45) is 0 Å². The monoisotopic (exact) mass is 247 g/mol. The van der Waals surface area contributed by atoms with E-state index >= 15 is 0 Å². The molecule has 0 radical (unpaired) electrons. The van der Waals surface area contributed by atoms with Crippen molar-refractivity contribution < 1.29 is 9.47 Å². The van der Waals surface area contributed by atoms with Gasteiger partial charge in [0.15, 0.2) is 5.75 Å². The van der Waals surface area contributed by atoms with E-state index in [9.17, 15) is 0 Å². The average Bonchev–Trinajstić information content (AvgIpc) is 2.99. The fraction of sp³-hybridized carbons (Fsp3) is 0.500. The molecule has 0 aromatic carbocycles. The maximum atomic E-state index is 6.06. The molecule has 0 bridgehead atoms. The highest BCUT2D eigenvalue weighted by atomic mass is 35.5. The number of pyridine rings is 1. The Labute approximate surface area is 98.3 Å². The van der Waals surface area contributed by atoms with Crippen LogP contribution in [0.4, 0.5) is 0 Å². The molecule has 1 unspecified atom stereocenters. The second-order valence-corrected chi connectivity index (χ2v) is 4.26. The molecule has 15 heavy (non-hydrogen) atoms. The molecule has 1 aliphatic heterocycles. The zero-order chi connectivity index (χ0) is 11.0. The number of ether oxygens (including phenoxy) is 2. The van der Waals surface area contributed by atoms with Crippen LogP contribution in [0.1, 0.15) is 11.4 Å². The highest BCUT2D eigenvalue weighted by Crippen LogP contribution is 2.36. The molecular formula is C10H11Cl2NO2. The molecule has 0 N–H and O–H groups in total. The summed E-state index contributed by atoms with van der Waals surface area (Å²) >= 11 is 12.1. The van der Waals surface area contributed by atoms with E-state index in [1.54, 1.807) is 0 Å². The fourth-order valence-electron chi connectivity index (χ4n) is 1.24. The van der Waals surface area contributed by atoms with Crippen molar-refractivity contribution in [1.82, 2.24) is 4.98 Å². The van der Waals surface area contributed by atoms with Crippen molar-refractivity contribution in [2.75, 3.05) is 13.2 Å². The number of halogens is 2. The number of aryl methyl sites for hydroxylation is 2. The summed E-state index contributed by atoms with van der Waals surface area (Å²) in [4.78, 5) is 4.20. The molecule has 0 aliphatic carbocycles. The number of epoxide rings is 1. The Hall–Kier alpha value is -0.510. The van der Waals surface area contributed by atoms with Crippen LogP contribution in [0.25, 0.3) is 0 Å². The van der Waals surface area contributed by atoms with Crippen molar-refractivity contribution in [3.05, 3.63) is 21.4 Å². The topological polar surface area (TPSA) is 34.6 Å². The van der Waals surface area contributed by atoms with Crippen molar-refractivity contribution in [2.45, 2.75) is 20.0 Å². The first-order valence-corrected chi connectivity index (χ1v) is 5.41. The molecular weight excluding hydrogens is 237 g/mol. The van der Waals surface area contributed by atoms with E-state index < -0.39 is 0 Å². The Balaban J connectivity index is 2.25. The Bertz CT molecular complexity index is 365. The molecule has 1 aromatic heterocycles. The standard InChI is InChI=1S/C10H11Cl2NO2/c1-5-8(11)10(9(12)6(2)13-5)15-4-7-3-14-7/h7H,3-4H2,1-2H3. The van der Waals surface area contributed by atoms with Gasteiger partial charge in [-0.2, -0.15) is 0 Å². The summed E-state index contributed by atoms with van der Waals surface area (Å²) < 4.78 is 10.6. The van der Waals surface area contributed by atoms with Gasteiger partial charge in [0, 0.05) is 0 Å². The zero-order valence-electron chi connectivity index (χ0n) is 8.51. The van der Waals surface area contributed by atoms with E-state index in [0.29, 0.717) is 22.4 Å². The van der Waals surface area contributed by atoms with Crippen LogP contribution in [0.5, 0.6) is 5.75 Å². The van der Waals surface area contributed by atoms with E-state index in [1.165, 1.54) is 0 Å². The summed E-state index contributed by atoms with van der Waals surface area (Å²) in [7, 11) is 0. The molecule has 0 saturated carbocycles. The van der Waals surface area contributed by atoms with Gasteiger partial charge in [0.2, 0.25) is 0 Å². The molecule has 1 aliphatic rings. The summed E-state index contributed by atoms with van der Waals surface area (Å²) in [5.74, 6) is 0.513. The lowest BCUT2D eigenvalue weighted by Gasteiger charge is -2.11. The predicted octanol–water partition coefficient (Wildman–Crippen LogP) is 2.78. The van der Waals surface area contributed by atoms with Crippen molar-refractivity contribution >= 4 is 23.2 Å². The average molecular weight is 248 g/mol. The SMILES string of the molecule is Cc1nc(C)c(Cl)c(OCC2CO2)c1Cl. The first-order valence-electron chi connectivity index (χ1n) is 4.66. The third-order valence-corrected chi connectivity index (χ3v) is 3.08. The molecule has 1 aromatic rings. The quantitative estimate of drug-likeness (QED) is 0.771. The molecule has 1 saturated heterocycles. The summed E-state index contributed by atoms with van der Waals surface area (Å²) in [5, 5.41) is 0.956. The Morgan fingerprint density at radius 1 is 1.33 bits per heavy atom. The summed E-state index contributed by atoms with van der Waals surface area (Å²) in [6, 6.07) is 0. The van der Waals surface area contributed by atoms with Gasteiger partial charge < -0.3 is 9.47 Å². The minimum atomic E-state index is 0.186. The van der Waals surface area contributed by atoms with E-state index in [4.69, 9.17) is 32.7 Å². The van der Waals surface area contributed by atoms with Gasteiger partial charge >= 0.3 is 0 Å². The van der Waals surface area contributed by atoms with Crippen LogP contribution in [-0.4, -0.2) is 24.3 Å². The third-order valence-electron chi connectivity index (χ3n) is 2.19. The zero-order valence-corrected chi connectivity index (χ0v) is 10.0. The highest BCUT2D eigenvalue weighted by Gasteiger charge is 2.24. The number of hydrogen-bond acceptors (Lipinski definition) is 3. The lowest BCUT2D eigenvalue weighted by molar-refractivity contribution is 0.263. The van der Waals surface area contributed by atoms with Crippen molar-refractivity contribution in [3.8, 4) is 5.75 Å². The van der Waals surface area contributed by atoms with Crippen LogP contribution >= 0.6 is 23.2 Å². The Morgan fingerprint density at radius 2 is 1.87 bits per heavy atom. The van der Waals surface area contributed by atoms with Gasteiger partial charge in [-0.15, -0.1) is 0 Å². The van der Waals surface area contributed by atoms with Crippen molar-refractivity contribution in [1.29, 1.82) is 0 Å². The predicted molar refractivity (Wildman–Crippen MR) is 59.0 cm³/mol. The molecule has 0 amide bonds. The Morgan fingerprint density at radius 3 is 2.33 bits per heavy atom. The summed E-state index contributed by atoms with van der Waals surface area (Å²) in [5.41, 5.74) is 1.45. The van der Waals surface area contributed by atoms with E-state index in [0.717, 1.165) is 18.0 Å². The van der Waals surface area contributed by atoms with Crippen LogP contribution in [0.15, 0.2) is 0 Å². The summed E-state index contributed by atoms with van der Waals surface area (Å²) in [6.45, 7) is 4.89. The molecule has 2 rings (SSSR count). The van der Waals surface area contributed by atoms with Gasteiger partial charge in [0.1, 0.15) is 22.8 Å². The maximum absolute atomic E-state index is 6.06. The molecule has 5 heteroatoms. The first kappa shape index (κ1) is 11.0. The second kappa shape index (κ2) is 4.16.